The van der Waals surface area contributed by atoms with E-state index in [1.807, 2.05) is 65.7 Å². The van der Waals surface area contributed by atoms with Crippen molar-refractivity contribution in [2.75, 3.05) is 13.1 Å². The van der Waals surface area contributed by atoms with Gasteiger partial charge in [-0.05, 0) is 30.5 Å². The minimum atomic E-state index is -0.0264. The van der Waals surface area contributed by atoms with Crippen molar-refractivity contribution in [3.63, 3.8) is 0 Å². The molecule has 0 saturated carbocycles. The van der Waals surface area contributed by atoms with Gasteiger partial charge in [-0.25, -0.2) is 9.97 Å². The third kappa shape index (κ3) is 3.83. The zero-order valence-corrected chi connectivity index (χ0v) is 16.7. The number of pyridine rings is 1. The second-order valence-corrected chi connectivity index (χ2v) is 7.81. The second kappa shape index (κ2) is 8.11. The molecule has 4 aromatic rings. The van der Waals surface area contributed by atoms with E-state index in [-0.39, 0.29) is 11.8 Å². The van der Waals surface area contributed by atoms with E-state index in [9.17, 15) is 4.79 Å². The van der Waals surface area contributed by atoms with Crippen LogP contribution in [0.4, 0.5) is 0 Å². The molecule has 3 heterocycles. The first-order chi connectivity index (χ1) is 14.8. The summed E-state index contributed by atoms with van der Waals surface area (Å²) in [5, 5.41) is 1.04. The van der Waals surface area contributed by atoms with Gasteiger partial charge in [0.2, 0.25) is 0 Å². The van der Waals surface area contributed by atoms with E-state index in [4.69, 9.17) is 4.42 Å². The summed E-state index contributed by atoms with van der Waals surface area (Å²) < 4.78 is 6.05. The Labute approximate surface area is 175 Å². The van der Waals surface area contributed by atoms with Crippen LogP contribution in [-0.2, 0) is 6.42 Å². The molecule has 0 aliphatic carbocycles. The Hall–Kier alpha value is -3.47. The van der Waals surface area contributed by atoms with E-state index in [1.165, 1.54) is 5.56 Å². The molecule has 2 aromatic carbocycles. The predicted molar refractivity (Wildman–Crippen MR) is 115 cm³/mol. The summed E-state index contributed by atoms with van der Waals surface area (Å²) in [6.45, 7) is 1.35. The zero-order valence-electron chi connectivity index (χ0n) is 16.7. The number of amides is 1. The van der Waals surface area contributed by atoms with E-state index in [0.717, 1.165) is 48.4 Å². The first-order valence-corrected chi connectivity index (χ1v) is 10.4. The third-order valence-electron chi connectivity index (χ3n) is 5.67. The Morgan fingerprint density at radius 1 is 1.03 bits per heavy atom. The van der Waals surface area contributed by atoms with Gasteiger partial charge in [0.05, 0.1) is 17.6 Å². The molecule has 5 rings (SSSR count). The summed E-state index contributed by atoms with van der Waals surface area (Å²) in [6, 6.07) is 21.9. The number of benzene rings is 2. The molecule has 1 amide bonds. The highest BCUT2D eigenvalue weighted by atomic mass is 16.4. The molecule has 0 radical (unpaired) electrons. The van der Waals surface area contributed by atoms with Crippen molar-refractivity contribution in [3.8, 4) is 0 Å². The number of hydrogen-bond acceptors (Lipinski definition) is 4. The Morgan fingerprint density at radius 2 is 1.87 bits per heavy atom. The Balaban J connectivity index is 1.30. The van der Waals surface area contributed by atoms with Crippen molar-refractivity contribution >= 4 is 16.8 Å². The van der Waals surface area contributed by atoms with E-state index in [2.05, 4.69) is 22.1 Å². The van der Waals surface area contributed by atoms with Gasteiger partial charge in [-0.2, -0.15) is 0 Å². The van der Waals surface area contributed by atoms with Gasteiger partial charge in [0.25, 0.3) is 5.91 Å². The quantitative estimate of drug-likeness (QED) is 0.495. The molecule has 1 saturated heterocycles. The van der Waals surface area contributed by atoms with Gasteiger partial charge < -0.3 is 9.32 Å². The number of piperidine rings is 1. The molecular formula is C25H23N3O2. The standard InChI is InChI=1S/C25H23N3O2/c29-25(23-13-12-19-9-4-5-11-22(19)27-23)28-14-6-10-20(17-28)24-26-16-21(30-24)15-18-7-2-1-3-8-18/h1-5,7-9,11-13,16,20H,6,10,14-15,17H2/t20-/m1/s1. The van der Waals surface area contributed by atoms with Gasteiger partial charge >= 0.3 is 0 Å². The molecule has 2 aromatic heterocycles. The van der Waals surface area contributed by atoms with Gasteiger partial charge in [0.1, 0.15) is 11.5 Å². The first-order valence-electron chi connectivity index (χ1n) is 10.4. The average molecular weight is 397 g/mol. The van der Waals surface area contributed by atoms with Crippen LogP contribution in [0.1, 0.15) is 46.5 Å². The first kappa shape index (κ1) is 18.6. The number of hydrogen-bond donors (Lipinski definition) is 0. The normalized spacial score (nSPS) is 16.7. The third-order valence-corrected chi connectivity index (χ3v) is 5.67. The minimum Gasteiger partial charge on any atom is -0.445 e. The number of fused-ring (bicyclic) bond motifs is 1. The van der Waals surface area contributed by atoms with E-state index < -0.39 is 0 Å². The smallest absolute Gasteiger partial charge is 0.272 e. The SMILES string of the molecule is O=C(c1ccc2ccccc2n1)N1CCC[C@@H](c2ncc(Cc3ccccc3)o2)C1. The maximum Gasteiger partial charge on any atom is 0.272 e. The van der Waals surface area contributed by atoms with Crippen molar-refractivity contribution in [2.24, 2.45) is 0 Å². The summed E-state index contributed by atoms with van der Waals surface area (Å²) >= 11 is 0. The van der Waals surface area contributed by atoms with Crippen LogP contribution < -0.4 is 0 Å². The topological polar surface area (TPSA) is 59.2 Å². The van der Waals surface area contributed by atoms with Crippen LogP contribution in [-0.4, -0.2) is 33.9 Å². The van der Waals surface area contributed by atoms with Crippen molar-refractivity contribution in [2.45, 2.75) is 25.2 Å². The lowest BCUT2D eigenvalue weighted by Crippen LogP contribution is -2.39. The molecule has 0 spiro atoms. The largest absolute Gasteiger partial charge is 0.445 e. The Morgan fingerprint density at radius 3 is 2.77 bits per heavy atom. The highest BCUT2D eigenvalue weighted by Gasteiger charge is 2.29. The number of nitrogens with zero attached hydrogens (tertiary/aromatic N) is 3. The van der Waals surface area contributed by atoms with E-state index >= 15 is 0 Å². The van der Waals surface area contributed by atoms with Gasteiger partial charge in [-0.3, -0.25) is 4.79 Å². The molecule has 1 aliphatic heterocycles. The van der Waals surface area contributed by atoms with Crippen LogP contribution in [0.15, 0.2) is 77.3 Å². The molecular weight excluding hydrogens is 374 g/mol. The molecule has 0 bridgehead atoms. The van der Waals surface area contributed by atoms with Gasteiger partial charge in [0.15, 0.2) is 5.89 Å². The van der Waals surface area contributed by atoms with Crippen LogP contribution >= 0.6 is 0 Å². The maximum absolute atomic E-state index is 13.1. The number of oxazole rings is 1. The van der Waals surface area contributed by atoms with Gasteiger partial charge in [0, 0.05) is 24.9 Å². The predicted octanol–water partition coefficient (Wildman–Crippen LogP) is 4.83. The number of aromatic nitrogens is 2. The number of rotatable bonds is 4. The van der Waals surface area contributed by atoms with Crippen LogP contribution in [0, 0.1) is 0 Å². The highest BCUT2D eigenvalue weighted by Crippen LogP contribution is 2.28. The molecule has 0 N–H and O–H groups in total. The van der Waals surface area contributed by atoms with Crippen molar-refractivity contribution in [1.29, 1.82) is 0 Å². The summed E-state index contributed by atoms with van der Waals surface area (Å²) in [5.74, 6) is 1.68. The average Bonchev–Trinajstić information content (AvgIpc) is 3.27. The summed E-state index contributed by atoms with van der Waals surface area (Å²) in [6.07, 6.45) is 4.44. The molecule has 150 valence electrons. The number of likely N-dealkylation sites (tertiary alicyclic amines) is 1. The summed E-state index contributed by atoms with van der Waals surface area (Å²) in [5.41, 5.74) is 2.53. The molecule has 1 fully saturated rings. The molecule has 0 unspecified atom stereocenters. The number of carbonyl (C=O) groups is 1. The fourth-order valence-corrected chi connectivity index (χ4v) is 4.10. The summed E-state index contributed by atoms with van der Waals surface area (Å²) in [4.78, 5) is 24.1. The van der Waals surface area contributed by atoms with Crippen LogP contribution in [0.25, 0.3) is 10.9 Å². The number of carbonyl (C=O) groups excluding carboxylic acids is 1. The van der Waals surface area contributed by atoms with Crippen LogP contribution in [0.5, 0.6) is 0 Å². The molecule has 30 heavy (non-hydrogen) atoms. The zero-order chi connectivity index (χ0) is 20.3. The molecule has 1 atom stereocenters. The van der Waals surface area contributed by atoms with E-state index in [0.29, 0.717) is 12.2 Å². The van der Waals surface area contributed by atoms with Crippen molar-refractivity contribution in [3.05, 3.63) is 95.8 Å². The lowest BCUT2D eigenvalue weighted by Gasteiger charge is -2.31. The Bertz CT molecular complexity index is 1170. The fraction of sp³-hybridized carbons (Fsp3) is 0.240. The van der Waals surface area contributed by atoms with E-state index in [1.54, 1.807) is 0 Å². The van der Waals surface area contributed by atoms with Gasteiger partial charge in [-0.15, -0.1) is 0 Å². The van der Waals surface area contributed by atoms with Crippen LogP contribution in [0.3, 0.4) is 0 Å². The molecule has 1 aliphatic rings. The lowest BCUT2D eigenvalue weighted by atomic mass is 9.97. The van der Waals surface area contributed by atoms with Gasteiger partial charge in [-0.1, -0.05) is 54.6 Å². The fourth-order valence-electron chi connectivity index (χ4n) is 4.10. The summed E-state index contributed by atoms with van der Waals surface area (Å²) in [7, 11) is 0. The minimum absolute atomic E-state index is 0.0264. The van der Waals surface area contributed by atoms with Crippen LogP contribution in [0.2, 0.25) is 0 Å². The number of para-hydroxylation sites is 1. The highest BCUT2D eigenvalue weighted by molar-refractivity contribution is 5.95. The lowest BCUT2D eigenvalue weighted by molar-refractivity contribution is 0.0692. The second-order valence-electron chi connectivity index (χ2n) is 7.81. The monoisotopic (exact) mass is 397 g/mol. The Kier molecular flexibility index (Phi) is 5.01. The van der Waals surface area contributed by atoms with Crippen molar-refractivity contribution < 1.29 is 9.21 Å². The van der Waals surface area contributed by atoms with Crippen molar-refractivity contribution in [1.82, 2.24) is 14.9 Å². The molecule has 5 nitrogen and oxygen atoms in total. The maximum atomic E-state index is 13.1. The molecule has 5 heteroatoms.